The number of ether oxygens (including phenoxy) is 1. The fraction of sp³-hybridized carbons (Fsp3) is 0.500. The largest absolute Gasteiger partial charge is 0.399 e. The van der Waals surface area contributed by atoms with Crippen LogP contribution in [-0.4, -0.2) is 26.3 Å². The van der Waals surface area contributed by atoms with Crippen LogP contribution in [0.4, 0.5) is 11.4 Å². The van der Waals surface area contributed by atoms with E-state index in [0.29, 0.717) is 0 Å². The van der Waals surface area contributed by atoms with Gasteiger partial charge in [0.15, 0.2) is 0 Å². The van der Waals surface area contributed by atoms with Crippen LogP contribution in [0.5, 0.6) is 0 Å². The minimum atomic E-state index is 0.738. The van der Waals surface area contributed by atoms with E-state index in [0.717, 1.165) is 43.8 Å². The molecule has 0 saturated carbocycles. The number of benzene rings is 1. The van der Waals surface area contributed by atoms with Crippen LogP contribution in [0.25, 0.3) is 0 Å². The minimum Gasteiger partial charge on any atom is -0.399 e. The molecule has 2 N–H and O–H groups in total. The number of nitrogen functional groups attached to an aromatic ring is 1. The van der Waals surface area contributed by atoms with Crippen LogP contribution in [0.15, 0.2) is 24.3 Å². The molecule has 2 aliphatic rings. The predicted octanol–water partition coefficient (Wildman–Crippen LogP) is 1.35. The normalized spacial score (nSPS) is 29.5. The fourth-order valence-corrected chi connectivity index (χ4v) is 2.58. The van der Waals surface area contributed by atoms with E-state index in [1.807, 2.05) is 12.1 Å². The third kappa shape index (κ3) is 1.57. The Kier molecular flexibility index (Phi) is 2.06. The molecule has 80 valence electrons. The van der Waals surface area contributed by atoms with E-state index in [1.165, 1.54) is 5.69 Å². The molecule has 0 spiro atoms. The summed E-state index contributed by atoms with van der Waals surface area (Å²) in [7, 11) is 0. The van der Waals surface area contributed by atoms with Gasteiger partial charge in [0.1, 0.15) is 0 Å². The minimum absolute atomic E-state index is 0.738. The summed E-state index contributed by atoms with van der Waals surface area (Å²) in [4.78, 5) is 2.44. The van der Waals surface area contributed by atoms with Gasteiger partial charge >= 0.3 is 0 Å². The first-order valence-electron chi connectivity index (χ1n) is 5.51. The number of fused-ring (bicyclic) bond motifs is 1. The Morgan fingerprint density at radius 1 is 1.07 bits per heavy atom. The first-order chi connectivity index (χ1) is 7.33. The van der Waals surface area contributed by atoms with E-state index in [2.05, 4.69) is 17.0 Å². The average Bonchev–Trinajstić information content (AvgIpc) is 2.78. The zero-order valence-electron chi connectivity index (χ0n) is 8.73. The van der Waals surface area contributed by atoms with E-state index in [4.69, 9.17) is 10.5 Å². The average molecular weight is 204 g/mol. The Balaban J connectivity index is 1.76. The first-order valence-corrected chi connectivity index (χ1v) is 5.51. The Bertz CT molecular complexity index is 337. The van der Waals surface area contributed by atoms with Crippen LogP contribution < -0.4 is 10.6 Å². The highest BCUT2D eigenvalue weighted by Gasteiger charge is 2.36. The Morgan fingerprint density at radius 3 is 2.27 bits per heavy atom. The molecular formula is C12H16N2O. The van der Waals surface area contributed by atoms with Crippen LogP contribution in [0, 0.1) is 11.8 Å². The smallest absolute Gasteiger partial charge is 0.0515 e. The molecule has 3 nitrogen and oxygen atoms in total. The molecule has 0 radical (unpaired) electrons. The second kappa shape index (κ2) is 3.42. The molecule has 0 aromatic heterocycles. The summed E-state index contributed by atoms with van der Waals surface area (Å²) in [6.07, 6.45) is 0. The lowest BCUT2D eigenvalue weighted by Gasteiger charge is -2.19. The van der Waals surface area contributed by atoms with Crippen molar-refractivity contribution in [1.29, 1.82) is 0 Å². The molecule has 2 heterocycles. The summed E-state index contributed by atoms with van der Waals surface area (Å²) in [6.45, 7) is 4.15. The second-order valence-electron chi connectivity index (χ2n) is 4.55. The van der Waals surface area contributed by atoms with Crippen molar-refractivity contribution in [3.05, 3.63) is 24.3 Å². The molecule has 0 bridgehead atoms. The van der Waals surface area contributed by atoms with Crippen LogP contribution in [-0.2, 0) is 4.74 Å². The molecule has 2 aliphatic heterocycles. The molecule has 15 heavy (non-hydrogen) atoms. The van der Waals surface area contributed by atoms with Crippen molar-refractivity contribution >= 4 is 11.4 Å². The van der Waals surface area contributed by atoms with E-state index in [1.54, 1.807) is 0 Å². The summed E-state index contributed by atoms with van der Waals surface area (Å²) >= 11 is 0. The number of hydrogen-bond donors (Lipinski definition) is 1. The van der Waals surface area contributed by atoms with Crippen LogP contribution >= 0.6 is 0 Å². The summed E-state index contributed by atoms with van der Waals surface area (Å²) < 4.78 is 5.47. The summed E-state index contributed by atoms with van der Waals surface area (Å²) in [5.74, 6) is 1.48. The maximum atomic E-state index is 5.68. The highest BCUT2D eigenvalue weighted by atomic mass is 16.5. The van der Waals surface area contributed by atoms with E-state index < -0.39 is 0 Å². The van der Waals surface area contributed by atoms with Crippen molar-refractivity contribution in [2.45, 2.75) is 0 Å². The van der Waals surface area contributed by atoms with Gasteiger partial charge in [-0.05, 0) is 24.3 Å². The monoisotopic (exact) mass is 204 g/mol. The number of nitrogens with two attached hydrogens (primary N) is 1. The molecule has 2 fully saturated rings. The standard InChI is InChI=1S/C12H16N2O/c13-11-1-3-12(4-2-11)14-5-9-7-15-8-10(9)6-14/h1-4,9-10H,5-8,13H2. The van der Waals surface area contributed by atoms with Crippen molar-refractivity contribution in [2.75, 3.05) is 36.9 Å². The number of hydrogen-bond acceptors (Lipinski definition) is 3. The van der Waals surface area contributed by atoms with Gasteiger partial charge in [0.05, 0.1) is 13.2 Å². The lowest BCUT2D eigenvalue weighted by atomic mass is 10.0. The Morgan fingerprint density at radius 2 is 1.67 bits per heavy atom. The molecule has 2 atom stereocenters. The maximum absolute atomic E-state index is 5.68. The van der Waals surface area contributed by atoms with Gasteiger partial charge in [0, 0.05) is 36.3 Å². The van der Waals surface area contributed by atoms with Crippen LogP contribution in [0.2, 0.25) is 0 Å². The lowest BCUT2D eigenvalue weighted by molar-refractivity contribution is 0.177. The van der Waals surface area contributed by atoms with Crippen molar-refractivity contribution in [1.82, 2.24) is 0 Å². The second-order valence-corrected chi connectivity index (χ2v) is 4.55. The SMILES string of the molecule is Nc1ccc(N2CC3COCC3C2)cc1. The fourth-order valence-electron chi connectivity index (χ4n) is 2.58. The first kappa shape index (κ1) is 9.04. The number of anilines is 2. The Labute approximate surface area is 89.8 Å². The molecule has 2 unspecified atom stereocenters. The zero-order chi connectivity index (χ0) is 10.3. The molecule has 3 rings (SSSR count). The van der Waals surface area contributed by atoms with Crippen molar-refractivity contribution in [3.63, 3.8) is 0 Å². The van der Waals surface area contributed by atoms with Gasteiger partial charge in [-0.2, -0.15) is 0 Å². The van der Waals surface area contributed by atoms with Gasteiger partial charge in [0.25, 0.3) is 0 Å². The summed E-state index contributed by atoms with van der Waals surface area (Å²) in [5, 5.41) is 0. The van der Waals surface area contributed by atoms with E-state index >= 15 is 0 Å². The Hall–Kier alpha value is -1.22. The predicted molar refractivity (Wildman–Crippen MR) is 60.9 cm³/mol. The summed E-state index contributed by atoms with van der Waals surface area (Å²) in [5.41, 5.74) is 7.80. The van der Waals surface area contributed by atoms with Crippen molar-refractivity contribution in [3.8, 4) is 0 Å². The molecule has 2 saturated heterocycles. The molecule has 0 amide bonds. The number of nitrogens with zero attached hydrogens (tertiary/aromatic N) is 1. The van der Waals surface area contributed by atoms with Crippen molar-refractivity contribution < 1.29 is 4.74 Å². The van der Waals surface area contributed by atoms with Gasteiger partial charge in [0.2, 0.25) is 0 Å². The molecule has 3 heteroatoms. The summed E-state index contributed by atoms with van der Waals surface area (Å²) in [6, 6.07) is 8.16. The van der Waals surface area contributed by atoms with Crippen molar-refractivity contribution in [2.24, 2.45) is 11.8 Å². The third-order valence-electron chi connectivity index (χ3n) is 3.50. The van der Waals surface area contributed by atoms with Crippen LogP contribution in [0.3, 0.4) is 0 Å². The zero-order valence-corrected chi connectivity index (χ0v) is 8.73. The maximum Gasteiger partial charge on any atom is 0.0515 e. The lowest BCUT2D eigenvalue weighted by Crippen LogP contribution is -2.21. The molecule has 1 aromatic rings. The highest BCUT2D eigenvalue weighted by molar-refractivity contribution is 5.53. The van der Waals surface area contributed by atoms with Gasteiger partial charge in [-0.3, -0.25) is 0 Å². The number of rotatable bonds is 1. The topological polar surface area (TPSA) is 38.5 Å². The molecular weight excluding hydrogens is 188 g/mol. The van der Waals surface area contributed by atoms with Gasteiger partial charge in [-0.1, -0.05) is 0 Å². The van der Waals surface area contributed by atoms with Gasteiger partial charge in [-0.25, -0.2) is 0 Å². The third-order valence-corrected chi connectivity index (χ3v) is 3.50. The van der Waals surface area contributed by atoms with Gasteiger partial charge in [-0.15, -0.1) is 0 Å². The van der Waals surface area contributed by atoms with E-state index in [9.17, 15) is 0 Å². The highest BCUT2D eigenvalue weighted by Crippen LogP contribution is 2.32. The van der Waals surface area contributed by atoms with Gasteiger partial charge < -0.3 is 15.4 Å². The molecule has 1 aromatic carbocycles. The van der Waals surface area contributed by atoms with E-state index in [-0.39, 0.29) is 0 Å². The quantitative estimate of drug-likeness (QED) is 0.702. The molecule has 0 aliphatic carbocycles. The van der Waals surface area contributed by atoms with Crippen LogP contribution in [0.1, 0.15) is 0 Å².